The van der Waals surface area contributed by atoms with Gasteiger partial charge in [0, 0.05) is 32.2 Å². The molecule has 2 aromatic carbocycles. The van der Waals surface area contributed by atoms with E-state index in [2.05, 4.69) is 36.1 Å². The van der Waals surface area contributed by atoms with Crippen molar-refractivity contribution < 1.29 is 13.2 Å². The van der Waals surface area contributed by atoms with Crippen molar-refractivity contribution in [1.82, 2.24) is 4.31 Å². The number of sulfonamides is 1. The summed E-state index contributed by atoms with van der Waals surface area (Å²) >= 11 is 0. The Morgan fingerprint density at radius 3 is 2.48 bits per heavy atom. The van der Waals surface area contributed by atoms with Crippen molar-refractivity contribution in [3.05, 3.63) is 54.1 Å². The minimum absolute atomic E-state index is 0.271. The highest BCUT2D eigenvalue weighted by molar-refractivity contribution is 7.89. The first-order valence-corrected chi connectivity index (χ1v) is 9.83. The molecule has 1 atom stereocenters. The summed E-state index contributed by atoms with van der Waals surface area (Å²) in [4.78, 5) is 2.61. The Kier molecular flexibility index (Phi) is 5.01. The number of hydrogen-bond donors (Lipinski definition) is 0. The zero-order valence-electron chi connectivity index (χ0n) is 14.8. The van der Waals surface area contributed by atoms with Gasteiger partial charge in [0.05, 0.1) is 11.4 Å². The Bertz CT molecular complexity index is 832. The molecular weight excluding hydrogens is 336 g/mol. The number of hydrogen-bond acceptors (Lipinski definition) is 4. The van der Waals surface area contributed by atoms with E-state index < -0.39 is 10.0 Å². The van der Waals surface area contributed by atoms with Crippen LogP contribution in [0, 0.1) is 0 Å². The maximum Gasteiger partial charge on any atom is 0.242 e. The molecule has 3 rings (SSSR count). The molecule has 6 heteroatoms. The van der Waals surface area contributed by atoms with Crippen LogP contribution in [0.1, 0.15) is 18.4 Å². The summed E-state index contributed by atoms with van der Waals surface area (Å²) < 4.78 is 31.1. The molecule has 134 valence electrons. The summed E-state index contributed by atoms with van der Waals surface area (Å²) in [5, 5.41) is 0. The van der Waals surface area contributed by atoms with Crippen LogP contribution in [-0.4, -0.2) is 46.5 Å². The number of anilines is 1. The van der Waals surface area contributed by atoms with Crippen molar-refractivity contribution in [3.63, 3.8) is 0 Å². The predicted molar refractivity (Wildman–Crippen MR) is 99.9 cm³/mol. The molecule has 0 aromatic heterocycles. The van der Waals surface area contributed by atoms with Gasteiger partial charge in [-0.05, 0) is 35.9 Å². The first-order valence-electron chi connectivity index (χ1n) is 8.39. The van der Waals surface area contributed by atoms with Gasteiger partial charge in [-0.25, -0.2) is 12.7 Å². The van der Waals surface area contributed by atoms with E-state index in [0.29, 0.717) is 18.3 Å². The molecule has 0 saturated heterocycles. The topological polar surface area (TPSA) is 49.9 Å². The summed E-state index contributed by atoms with van der Waals surface area (Å²) in [5.74, 6) is 1.21. The van der Waals surface area contributed by atoms with Crippen molar-refractivity contribution in [2.75, 3.05) is 38.7 Å². The molecule has 1 heterocycles. The van der Waals surface area contributed by atoms with E-state index in [0.717, 1.165) is 13.1 Å². The van der Waals surface area contributed by atoms with Crippen LogP contribution in [-0.2, 0) is 10.0 Å². The van der Waals surface area contributed by atoms with Crippen molar-refractivity contribution in [3.8, 4) is 5.75 Å². The second-order valence-corrected chi connectivity index (χ2v) is 8.67. The van der Waals surface area contributed by atoms with Crippen molar-refractivity contribution in [2.45, 2.75) is 17.7 Å². The standard InChI is InChI=1S/C19H24N2O3S/c1-15-14-21(19-7-5-4-6-18(15)19)12-13-24-16-8-10-17(11-9-16)25(22,23)20(2)3/h4-11,15H,12-14H2,1-3H3. The second kappa shape index (κ2) is 7.06. The highest BCUT2D eigenvalue weighted by Gasteiger charge is 2.24. The van der Waals surface area contributed by atoms with Crippen LogP contribution in [0.25, 0.3) is 0 Å². The van der Waals surface area contributed by atoms with Crippen LogP contribution in [0.5, 0.6) is 5.75 Å². The lowest BCUT2D eigenvalue weighted by molar-refractivity contribution is 0.324. The molecule has 5 nitrogen and oxygen atoms in total. The number of ether oxygens (including phenoxy) is 1. The van der Waals surface area contributed by atoms with Gasteiger partial charge >= 0.3 is 0 Å². The second-order valence-electron chi connectivity index (χ2n) is 6.51. The van der Waals surface area contributed by atoms with E-state index in [-0.39, 0.29) is 4.90 Å². The summed E-state index contributed by atoms with van der Waals surface area (Å²) in [5.41, 5.74) is 2.67. The molecule has 2 aromatic rings. The van der Waals surface area contributed by atoms with Gasteiger partial charge < -0.3 is 9.64 Å². The molecule has 0 fully saturated rings. The van der Waals surface area contributed by atoms with Gasteiger partial charge in [0.15, 0.2) is 0 Å². The zero-order valence-corrected chi connectivity index (χ0v) is 15.7. The number of nitrogens with zero attached hydrogens (tertiary/aromatic N) is 2. The van der Waals surface area contributed by atoms with Crippen molar-refractivity contribution in [2.24, 2.45) is 0 Å². The Morgan fingerprint density at radius 2 is 1.80 bits per heavy atom. The van der Waals surface area contributed by atoms with Gasteiger partial charge in [-0.3, -0.25) is 0 Å². The SMILES string of the molecule is CC1CN(CCOc2ccc(S(=O)(=O)N(C)C)cc2)c2ccccc21. The molecule has 0 aliphatic carbocycles. The van der Waals surface area contributed by atoms with Gasteiger partial charge in [0.1, 0.15) is 12.4 Å². The van der Waals surface area contributed by atoms with Gasteiger partial charge in [-0.15, -0.1) is 0 Å². The first kappa shape index (κ1) is 17.8. The Labute approximate surface area is 149 Å². The Morgan fingerprint density at radius 1 is 1.12 bits per heavy atom. The van der Waals surface area contributed by atoms with Crippen LogP contribution < -0.4 is 9.64 Å². The zero-order chi connectivity index (χ0) is 18.0. The minimum Gasteiger partial charge on any atom is -0.492 e. The van der Waals surface area contributed by atoms with Crippen LogP contribution in [0.3, 0.4) is 0 Å². The average molecular weight is 360 g/mol. The lowest BCUT2D eigenvalue weighted by Crippen LogP contribution is -2.26. The lowest BCUT2D eigenvalue weighted by Gasteiger charge is -2.20. The third-order valence-electron chi connectivity index (χ3n) is 4.53. The van der Waals surface area contributed by atoms with E-state index >= 15 is 0 Å². The predicted octanol–water partition coefficient (Wildman–Crippen LogP) is 2.94. The van der Waals surface area contributed by atoms with E-state index in [1.807, 2.05) is 0 Å². The van der Waals surface area contributed by atoms with E-state index in [9.17, 15) is 8.42 Å². The molecule has 0 amide bonds. The largest absolute Gasteiger partial charge is 0.492 e. The average Bonchev–Trinajstić information content (AvgIpc) is 2.92. The molecule has 1 unspecified atom stereocenters. The molecule has 0 spiro atoms. The molecular formula is C19H24N2O3S. The van der Waals surface area contributed by atoms with Crippen LogP contribution >= 0.6 is 0 Å². The lowest BCUT2D eigenvalue weighted by atomic mass is 10.0. The Hall–Kier alpha value is -2.05. The van der Waals surface area contributed by atoms with E-state index in [1.165, 1.54) is 29.7 Å². The highest BCUT2D eigenvalue weighted by atomic mass is 32.2. The number of rotatable bonds is 6. The first-order chi connectivity index (χ1) is 11.9. The quantitative estimate of drug-likeness (QED) is 0.795. The van der Waals surface area contributed by atoms with Crippen LogP contribution in [0.15, 0.2) is 53.4 Å². The molecule has 1 aliphatic rings. The van der Waals surface area contributed by atoms with Crippen LogP contribution in [0.2, 0.25) is 0 Å². The molecule has 1 aliphatic heterocycles. The summed E-state index contributed by atoms with van der Waals surface area (Å²) in [7, 11) is -0.352. The maximum atomic E-state index is 12.1. The monoisotopic (exact) mass is 360 g/mol. The molecule has 25 heavy (non-hydrogen) atoms. The van der Waals surface area contributed by atoms with Crippen molar-refractivity contribution >= 4 is 15.7 Å². The Balaban J connectivity index is 1.59. The van der Waals surface area contributed by atoms with Gasteiger partial charge in [-0.2, -0.15) is 0 Å². The molecule has 0 saturated carbocycles. The summed E-state index contributed by atoms with van der Waals surface area (Å²) in [6.45, 7) is 4.60. The van der Waals surface area contributed by atoms with Crippen LogP contribution in [0.4, 0.5) is 5.69 Å². The van der Waals surface area contributed by atoms with Gasteiger partial charge in [0.2, 0.25) is 10.0 Å². The number of para-hydroxylation sites is 1. The van der Waals surface area contributed by atoms with Gasteiger partial charge in [-0.1, -0.05) is 25.1 Å². The fourth-order valence-electron chi connectivity index (χ4n) is 3.12. The summed E-state index contributed by atoms with van der Waals surface area (Å²) in [6.07, 6.45) is 0. The smallest absolute Gasteiger partial charge is 0.242 e. The fourth-order valence-corrected chi connectivity index (χ4v) is 4.03. The number of benzene rings is 2. The maximum absolute atomic E-state index is 12.1. The fraction of sp³-hybridized carbons (Fsp3) is 0.368. The van der Waals surface area contributed by atoms with E-state index in [4.69, 9.17) is 4.74 Å². The van der Waals surface area contributed by atoms with E-state index in [1.54, 1.807) is 24.3 Å². The number of fused-ring (bicyclic) bond motifs is 1. The minimum atomic E-state index is -3.40. The highest BCUT2D eigenvalue weighted by Crippen LogP contribution is 2.35. The normalized spacial score (nSPS) is 17.0. The third-order valence-corrected chi connectivity index (χ3v) is 6.36. The molecule has 0 radical (unpaired) electrons. The third kappa shape index (κ3) is 3.65. The van der Waals surface area contributed by atoms with Gasteiger partial charge in [0.25, 0.3) is 0 Å². The summed E-state index contributed by atoms with van der Waals surface area (Å²) in [6, 6.07) is 15.1. The molecule has 0 bridgehead atoms. The molecule has 0 N–H and O–H groups in total. The van der Waals surface area contributed by atoms with Crippen molar-refractivity contribution in [1.29, 1.82) is 0 Å².